The van der Waals surface area contributed by atoms with Gasteiger partial charge in [0, 0.05) is 24.5 Å². The molecule has 1 unspecified atom stereocenters. The molecule has 1 saturated heterocycles. The van der Waals surface area contributed by atoms with Gasteiger partial charge in [-0.2, -0.15) is 0 Å². The molecule has 3 aromatic rings. The van der Waals surface area contributed by atoms with Crippen LogP contribution in [-0.4, -0.2) is 33.3 Å². The molecule has 6 heteroatoms. The van der Waals surface area contributed by atoms with E-state index in [1.165, 1.54) is 4.90 Å². The molecule has 1 aromatic heterocycles. The molecule has 0 saturated carbocycles. The number of hydrogen-bond acceptors (Lipinski definition) is 5. The number of Topliss-reactive ketones (excluding diaryl/α,β-unsaturated/α-hetero) is 1. The Bertz CT molecular complexity index is 1230. The van der Waals surface area contributed by atoms with Crippen LogP contribution >= 0.6 is 0 Å². The Labute approximate surface area is 193 Å². The first-order valence-electron chi connectivity index (χ1n) is 10.9. The number of likely N-dealkylation sites (tertiary alicyclic amines) is 1. The standard InChI is InChI=1S/C27H26N2O4/c1-4-33-22-7-5-6-20(15-22)25(30)23-24(19-10-12-28-13-11-19)29(27(32)26(23)31)16-21-14-17(2)8-9-18(21)3/h5-15,24,30H,4,16H2,1-3H3/b25-23+. The van der Waals surface area contributed by atoms with E-state index in [2.05, 4.69) is 4.98 Å². The van der Waals surface area contributed by atoms with Gasteiger partial charge < -0.3 is 14.7 Å². The first kappa shape index (κ1) is 22.3. The van der Waals surface area contributed by atoms with Gasteiger partial charge in [-0.3, -0.25) is 14.6 Å². The summed E-state index contributed by atoms with van der Waals surface area (Å²) in [6, 6.07) is 15.7. The molecular formula is C27H26N2O4. The Hall–Kier alpha value is -3.93. The second-order valence-corrected chi connectivity index (χ2v) is 8.10. The molecule has 1 amide bonds. The van der Waals surface area contributed by atoms with E-state index < -0.39 is 17.7 Å². The molecule has 1 aliphatic heterocycles. The number of carbonyl (C=O) groups excluding carboxylic acids is 2. The lowest BCUT2D eigenvalue weighted by Crippen LogP contribution is -2.29. The highest BCUT2D eigenvalue weighted by Crippen LogP contribution is 2.40. The molecule has 1 N–H and O–H groups in total. The Kier molecular flexibility index (Phi) is 6.27. The first-order chi connectivity index (χ1) is 15.9. The van der Waals surface area contributed by atoms with Gasteiger partial charge in [0.05, 0.1) is 18.2 Å². The van der Waals surface area contributed by atoms with Crippen LogP contribution < -0.4 is 4.74 Å². The Balaban J connectivity index is 1.85. The van der Waals surface area contributed by atoms with Crippen molar-refractivity contribution in [1.82, 2.24) is 9.88 Å². The van der Waals surface area contributed by atoms with Crippen LogP contribution in [0.2, 0.25) is 0 Å². The van der Waals surface area contributed by atoms with Gasteiger partial charge in [0.2, 0.25) is 0 Å². The van der Waals surface area contributed by atoms with Crippen LogP contribution in [0.1, 0.15) is 40.8 Å². The van der Waals surface area contributed by atoms with Gasteiger partial charge in [0.25, 0.3) is 11.7 Å². The van der Waals surface area contributed by atoms with Gasteiger partial charge in [-0.05, 0) is 61.7 Å². The van der Waals surface area contributed by atoms with Gasteiger partial charge in [-0.25, -0.2) is 0 Å². The van der Waals surface area contributed by atoms with E-state index in [9.17, 15) is 14.7 Å². The van der Waals surface area contributed by atoms with Crippen molar-refractivity contribution in [3.05, 3.63) is 100 Å². The fourth-order valence-corrected chi connectivity index (χ4v) is 4.14. The minimum atomic E-state index is -0.733. The Morgan fingerprint density at radius 1 is 1.06 bits per heavy atom. The number of amides is 1. The SMILES string of the molecule is CCOc1cccc(/C(O)=C2\C(=O)C(=O)N(Cc3cc(C)ccc3C)C2c2ccncc2)c1. The third-order valence-corrected chi connectivity index (χ3v) is 5.83. The number of benzene rings is 2. The highest BCUT2D eigenvalue weighted by atomic mass is 16.5. The number of pyridine rings is 1. The molecule has 0 aliphatic carbocycles. The second kappa shape index (κ2) is 9.28. The maximum absolute atomic E-state index is 13.2. The summed E-state index contributed by atoms with van der Waals surface area (Å²) in [7, 11) is 0. The van der Waals surface area contributed by atoms with Crippen LogP contribution in [0, 0.1) is 13.8 Å². The molecule has 33 heavy (non-hydrogen) atoms. The number of aliphatic hydroxyl groups excluding tert-OH is 1. The minimum Gasteiger partial charge on any atom is -0.507 e. The van der Waals surface area contributed by atoms with Crippen molar-refractivity contribution in [2.24, 2.45) is 0 Å². The number of aromatic nitrogens is 1. The number of ketones is 1. The Morgan fingerprint density at radius 3 is 2.55 bits per heavy atom. The predicted octanol–water partition coefficient (Wildman–Crippen LogP) is 4.72. The van der Waals surface area contributed by atoms with E-state index >= 15 is 0 Å². The average Bonchev–Trinajstić information content (AvgIpc) is 3.07. The predicted molar refractivity (Wildman–Crippen MR) is 126 cm³/mol. The zero-order valence-corrected chi connectivity index (χ0v) is 18.9. The van der Waals surface area contributed by atoms with Crippen LogP contribution in [0.3, 0.4) is 0 Å². The third kappa shape index (κ3) is 4.37. The average molecular weight is 443 g/mol. The van der Waals surface area contributed by atoms with Crippen molar-refractivity contribution >= 4 is 17.4 Å². The normalized spacial score (nSPS) is 17.4. The number of hydrogen-bond donors (Lipinski definition) is 1. The van der Waals surface area contributed by atoms with E-state index in [1.807, 2.05) is 39.0 Å². The molecule has 4 rings (SSSR count). The second-order valence-electron chi connectivity index (χ2n) is 8.10. The first-order valence-corrected chi connectivity index (χ1v) is 10.9. The van der Waals surface area contributed by atoms with Crippen molar-refractivity contribution in [3.8, 4) is 5.75 Å². The quantitative estimate of drug-likeness (QED) is 0.339. The zero-order chi connectivity index (χ0) is 23.5. The Morgan fingerprint density at radius 2 is 1.82 bits per heavy atom. The summed E-state index contributed by atoms with van der Waals surface area (Å²) in [4.78, 5) is 32.0. The van der Waals surface area contributed by atoms with E-state index in [1.54, 1.807) is 48.8 Å². The fraction of sp³-hybridized carbons (Fsp3) is 0.222. The summed E-state index contributed by atoms with van der Waals surface area (Å²) in [6.07, 6.45) is 3.23. The molecule has 0 radical (unpaired) electrons. The van der Waals surface area contributed by atoms with Crippen LogP contribution in [0.5, 0.6) is 5.75 Å². The largest absolute Gasteiger partial charge is 0.507 e. The fourth-order valence-electron chi connectivity index (χ4n) is 4.14. The van der Waals surface area contributed by atoms with Crippen LogP contribution in [-0.2, 0) is 16.1 Å². The number of aliphatic hydroxyl groups is 1. The van der Waals surface area contributed by atoms with Crippen molar-refractivity contribution in [2.75, 3.05) is 6.61 Å². The van der Waals surface area contributed by atoms with Gasteiger partial charge in [-0.15, -0.1) is 0 Å². The summed E-state index contributed by atoms with van der Waals surface area (Å²) < 4.78 is 5.54. The number of rotatable bonds is 6. The maximum Gasteiger partial charge on any atom is 0.295 e. The molecule has 6 nitrogen and oxygen atoms in total. The lowest BCUT2D eigenvalue weighted by atomic mass is 9.95. The molecule has 1 aliphatic rings. The summed E-state index contributed by atoms with van der Waals surface area (Å²) in [5.41, 5.74) is 4.24. The highest BCUT2D eigenvalue weighted by Gasteiger charge is 2.46. The highest BCUT2D eigenvalue weighted by molar-refractivity contribution is 6.46. The number of ether oxygens (including phenoxy) is 1. The van der Waals surface area contributed by atoms with Crippen molar-refractivity contribution in [2.45, 2.75) is 33.4 Å². The number of carbonyl (C=O) groups is 2. The van der Waals surface area contributed by atoms with Crippen LogP contribution in [0.15, 0.2) is 72.6 Å². The molecule has 2 aromatic carbocycles. The maximum atomic E-state index is 13.2. The third-order valence-electron chi connectivity index (χ3n) is 5.83. The monoisotopic (exact) mass is 442 g/mol. The molecular weight excluding hydrogens is 416 g/mol. The van der Waals surface area contributed by atoms with Gasteiger partial charge in [-0.1, -0.05) is 35.9 Å². The summed E-state index contributed by atoms with van der Waals surface area (Å²) in [5, 5.41) is 11.2. The van der Waals surface area contributed by atoms with Crippen molar-refractivity contribution < 1.29 is 19.4 Å². The van der Waals surface area contributed by atoms with Gasteiger partial charge in [0.1, 0.15) is 11.5 Å². The van der Waals surface area contributed by atoms with E-state index in [4.69, 9.17) is 4.74 Å². The summed E-state index contributed by atoms with van der Waals surface area (Å²) in [5.74, 6) is -0.992. The molecule has 168 valence electrons. The lowest BCUT2D eigenvalue weighted by molar-refractivity contribution is -0.140. The molecule has 2 heterocycles. The van der Waals surface area contributed by atoms with Crippen molar-refractivity contribution in [3.63, 3.8) is 0 Å². The van der Waals surface area contributed by atoms with Gasteiger partial charge >= 0.3 is 0 Å². The molecule has 1 atom stereocenters. The van der Waals surface area contributed by atoms with Crippen molar-refractivity contribution in [1.29, 1.82) is 0 Å². The summed E-state index contributed by atoms with van der Waals surface area (Å²) >= 11 is 0. The molecule has 0 spiro atoms. The zero-order valence-electron chi connectivity index (χ0n) is 18.9. The topological polar surface area (TPSA) is 79.7 Å². The van der Waals surface area contributed by atoms with E-state index in [-0.39, 0.29) is 17.9 Å². The van der Waals surface area contributed by atoms with E-state index in [0.29, 0.717) is 23.5 Å². The van der Waals surface area contributed by atoms with E-state index in [0.717, 1.165) is 16.7 Å². The smallest absolute Gasteiger partial charge is 0.295 e. The minimum absolute atomic E-state index is 0.0603. The van der Waals surface area contributed by atoms with Gasteiger partial charge in [0.15, 0.2) is 0 Å². The number of nitrogens with zero attached hydrogens (tertiary/aromatic N) is 2. The molecule has 0 bridgehead atoms. The summed E-state index contributed by atoms with van der Waals surface area (Å²) in [6.45, 7) is 6.56. The van der Waals surface area contributed by atoms with Crippen LogP contribution in [0.25, 0.3) is 5.76 Å². The lowest BCUT2D eigenvalue weighted by Gasteiger charge is -2.26. The van der Waals surface area contributed by atoms with Crippen LogP contribution in [0.4, 0.5) is 0 Å². The molecule has 1 fully saturated rings. The number of aryl methyl sites for hydroxylation is 2.